The number of fused-ring (bicyclic) bond motifs is 8. The number of hydrogen-bond donors (Lipinski definition) is 0. The van der Waals surface area contributed by atoms with E-state index in [-0.39, 0.29) is 0 Å². The zero-order valence-corrected chi connectivity index (χ0v) is 28.0. The van der Waals surface area contributed by atoms with Gasteiger partial charge in [0.15, 0.2) is 0 Å². The SMILES string of the molecule is c1ccc(N(c2ccc(-c3ccc(-c4cc5ccc6ccccc6c5c5c4ccc4ccccc45)cc3)cc2)c2ccc3ccccc3c2)cc1. The lowest BCUT2D eigenvalue weighted by atomic mass is 9.88. The predicted octanol–water partition coefficient (Wildman–Crippen LogP) is 14.3. The van der Waals surface area contributed by atoms with Crippen LogP contribution in [0.1, 0.15) is 0 Å². The molecule has 0 aliphatic heterocycles. The molecule has 10 rings (SSSR count). The maximum atomic E-state index is 2.38. The average Bonchev–Trinajstić information content (AvgIpc) is 3.21. The maximum absolute atomic E-state index is 2.38. The number of anilines is 3. The third kappa shape index (κ3) is 5.02. The first-order valence-corrected chi connectivity index (χ1v) is 17.6. The summed E-state index contributed by atoms with van der Waals surface area (Å²) in [5, 5.41) is 12.8. The van der Waals surface area contributed by atoms with E-state index in [1.54, 1.807) is 0 Å². The van der Waals surface area contributed by atoms with Crippen LogP contribution in [0.25, 0.3) is 76.1 Å². The molecule has 0 fully saturated rings. The maximum Gasteiger partial charge on any atom is 0.0468 e. The summed E-state index contributed by atoms with van der Waals surface area (Å²) in [6, 6.07) is 72.9. The van der Waals surface area contributed by atoms with Crippen molar-refractivity contribution >= 4 is 70.9 Å². The summed E-state index contributed by atoms with van der Waals surface area (Å²) in [7, 11) is 0. The van der Waals surface area contributed by atoms with E-state index in [2.05, 4.69) is 205 Å². The van der Waals surface area contributed by atoms with E-state index >= 15 is 0 Å². The molecule has 0 saturated carbocycles. The lowest BCUT2D eigenvalue weighted by molar-refractivity contribution is 1.29. The summed E-state index contributed by atoms with van der Waals surface area (Å²) in [5.74, 6) is 0. The smallest absolute Gasteiger partial charge is 0.0468 e. The molecule has 238 valence electrons. The second-order valence-electron chi connectivity index (χ2n) is 13.3. The van der Waals surface area contributed by atoms with E-state index in [4.69, 9.17) is 0 Å². The molecule has 51 heavy (non-hydrogen) atoms. The van der Waals surface area contributed by atoms with Crippen LogP contribution in [0.3, 0.4) is 0 Å². The van der Waals surface area contributed by atoms with E-state index in [1.165, 1.54) is 76.1 Å². The second-order valence-corrected chi connectivity index (χ2v) is 13.3. The Bertz CT molecular complexity index is 2890. The van der Waals surface area contributed by atoms with Gasteiger partial charge < -0.3 is 4.90 Å². The first kappa shape index (κ1) is 29.2. The highest BCUT2D eigenvalue weighted by atomic mass is 15.1. The molecule has 0 unspecified atom stereocenters. The second kappa shape index (κ2) is 12.0. The van der Waals surface area contributed by atoms with E-state index in [1.807, 2.05) is 0 Å². The van der Waals surface area contributed by atoms with Crippen molar-refractivity contribution in [3.05, 3.63) is 200 Å². The third-order valence-electron chi connectivity index (χ3n) is 10.4. The standard InChI is InChI=1S/C50H33N/c1-2-14-42(15-3-1)51(44-30-26-34-10-4-5-13-40(34)32-44)43-28-24-36(25-29-43)35-18-20-39(21-19-35)48-33-41-23-22-37-11-6-8-16-45(37)49(41)50-46-17-9-7-12-38(46)27-31-47(48)50/h1-33H. The van der Waals surface area contributed by atoms with Gasteiger partial charge in [-0.2, -0.15) is 0 Å². The first-order valence-electron chi connectivity index (χ1n) is 17.6. The fraction of sp³-hybridized carbons (Fsp3) is 0. The normalized spacial score (nSPS) is 11.5. The Morgan fingerprint density at radius 1 is 0.255 bits per heavy atom. The minimum atomic E-state index is 1.12. The zero-order valence-electron chi connectivity index (χ0n) is 28.0. The van der Waals surface area contributed by atoms with E-state index < -0.39 is 0 Å². The van der Waals surface area contributed by atoms with Crippen LogP contribution in [0.5, 0.6) is 0 Å². The predicted molar refractivity (Wildman–Crippen MR) is 220 cm³/mol. The Kier molecular flexibility index (Phi) is 6.89. The van der Waals surface area contributed by atoms with E-state index in [0.717, 1.165) is 17.1 Å². The van der Waals surface area contributed by atoms with Crippen LogP contribution in [-0.4, -0.2) is 0 Å². The highest BCUT2D eigenvalue weighted by Gasteiger charge is 2.16. The molecule has 0 aliphatic rings. The molecular weight excluding hydrogens is 615 g/mol. The lowest BCUT2D eigenvalue weighted by Crippen LogP contribution is -2.09. The molecular formula is C50H33N. The van der Waals surface area contributed by atoms with Gasteiger partial charge in [0.05, 0.1) is 0 Å². The largest absolute Gasteiger partial charge is 0.310 e. The third-order valence-corrected chi connectivity index (χ3v) is 10.4. The Morgan fingerprint density at radius 2 is 0.745 bits per heavy atom. The Hall–Kier alpha value is -6.70. The Labute approximate surface area is 297 Å². The molecule has 0 spiro atoms. The van der Waals surface area contributed by atoms with Gasteiger partial charge in [-0.1, -0.05) is 158 Å². The summed E-state index contributed by atoms with van der Waals surface area (Å²) >= 11 is 0. The van der Waals surface area contributed by atoms with Crippen LogP contribution < -0.4 is 4.90 Å². The monoisotopic (exact) mass is 647 g/mol. The van der Waals surface area contributed by atoms with Crippen molar-refractivity contribution < 1.29 is 0 Å². The summed E-state index contributed by atoms with van der Waals surface area (Å²) in [6.45, 7) is 0. The van der Waals surface area contributed by atoms with Crippen molar-refractivity contribution in [2.75, 3.05) is 4.90 Å². The van der Waals surface area contributed by atoms with Crippen LogP contribution in [0.4, 0.5) is 17.1 Å². The first-order chi connectivity index (χ1) is 25.3. The molecule has 0 amide bonds. The van der Waals surface area contributed by atoms with E-state index in [0.29, 0.717) is 0 Å². The number of para-hydroxylation sites is 1. The molecule has 0 saturated heterocycles. The Morgan fingerprint density at radius 3 is 1.47 bits per heavy atom. The van der Waals surface area contributed by atoms with Crippen LogP contribution in [-0.2, 0) is 0 Å². The van der Waals surface area contributed by atoms with Crippen molar-refractivity contribution in [2.24, 2.45) is 0 Å². The van der Waals surface area contributed by atoms with Crippen LogP contribution in [0.2, 0.25) is 0 Å². The minimum Gasteiger partial charge on any atom is -0.310 e. The van der Waals surface area contributed by atoms with Gasteiger partial charge >= 0.3 is 0 Å². The number of hydrogen-bond acceptors (Lipinski definition) is 1. The molecule has 0 N–H and O–H groups in total. The minimum absolute atomic E-state index is 1.12. The van der Waals surface area contributed by atoms with Gasteiger partial charge in [0.2, 0.25) is 0 Å². The molecule has 1 nitrogen and oxygen atoms in total. The lowest BCUT2D eigenvalue weighted by Gasteiger charge is -2.26. The van der Waals surface area contributed by atoms with Crippen LogP contribution in [0, 0.1) is 0 Å². The summed E-state index contributed by atoms with van der Waals surface area (Å²) in [5.41, 5.74) is 8.26. The topological polar surface area (TPSA) is 3.24 Å². The average molecular weight is 648 g/mol. The molecule has 0 atom stereocenters. The van der Waals surface area contributed by atoms with Crippen LogP contribution >= 0.6 is 0 Å². The molecule has 0 heterocycles. The number of rotatable bonds is 5. The van der Waals surface area contributed by atoms with Crippen molar-refractivity contribution in [2.45, 2.75) is 0 Å². The molecule has 0 radical (unpaired) electrons. The fourth-order valence-electron chi connectivity index (χ4n) is 7.91. The molecule has 1 heteroatoms. The van der Waals surface area contributed by atoms with E-state index in [9.17, 15) is 0 Å². The molecule has 10 aromatic rings. The highest BCUT2D eigenvalue weighted by Crippen LogP contribution is 2.42. The van der Waals surface area contributed by atoms with Gasteiger partial charge in [0, 0.05) is 17.1 Å². The quantitative estimate of drug-likeness (QED) is 0.168. The molecule has 0 aromatic heterocycles. The Balaban J connectivity index is 1.05. The van der Waals surface area contributed by atoms with Gasteiger partial charge in [-0.25, -0.2) is 0 Å². The summed E-state index contributed by atoms with van der Waals surface area (Å²) in [6.07, 6.45) is 0. The van der Waals surface area contributed by atoms with Crippen molar-refractivity contribution in [1.82, 2.24) is 0 Å². The van der Waals surface area contributed by atoms with Gasteiger partial charge in [0.25, 0.3) is 0 Å². The summed E-state index contributed by atoms with van der Waals surface area (Å²) in [4.78, 5) is 2.33. The number of benzene rings is 10. The highest BCUT2D eigenvalue weighted by molar-refractivity contribution is 6.30. The van der Waals surface area contributed by atoms with Gasteiger partial charge in [-0.15, -0.1) is 0 Å². The number of nitrogens with zero attached hydrogens (tertiary/aromatic N) is 1. The van der Waals surface area contributed by atoms with Gasteiger partial charge in [0.1, 0.15) is 0 Å². The van der Waals surface area contributed by atoms with Crippen molar-refractivity contribution in [3.8, 4) is 22.3 Å². The fourth-order valence-corrected chi connectivity index (χ4v) is 7.91. The van der Waals surface area contributed by atoms with Crippen molar-refractivity contribution in [1.29, 1.82) is 0 Å². The molecule has 0 bridgehead atoms. The van der Waals surface area contributed by atoms with Crippen LogP contribution in [0.15, 0.2) is 200 Å². The molecule has 0 aliphatic carbocycles. The van der Waals surface area contributed by atoms with Crippen molar-refractivity contribution in [3.63, 3.8) is 0 Å². The summed E-state index contributed by atoms with van der Waals surface area (Å²) < 4.78 is 0. The molecule has 10 aromatic carbocycles. The zero-order chi connectivity index (χ0) is 33.7. The van der Waals surface area contributed by atoms with Gasteiger partial charge in [-0.05, 0) is 119 Å². The van der Waals surface area contributed by atoms with Gasteiger partial charge in [-0.3, -0.25) is 0 Å².